The number of benzene rings is 1. The molecule has 18 heavy (non-hydrogen) atoms. The van der Waals surface area contributed by atoms with Gasteiger partial charge >= 0.3 is 5.97 Å². The van der Waals surface area contributed by atoms with Crippen LogP contribution in [0.4, 0.5) is 0 Å². The first-order chi connectivity index (χ1) is 8.66. The molecule has 2 rings (SSSR count). The Morgan fingerprint density at radius 3 is 2.83 bits per heavy atom. The molecule has 4 heteroatoms. The van der Waals surface area contributed by atoms with E-state index in [1.165, 1.54) is 5.56 Å². The Morgan fingerprint density at radius 2 is 2.17 bits per heavy atom. The molecular formula is C14H18N2O2. The average molecular weight is 246 g/mol. The van der Waals surface area contributed by atoms with Crippen LogP contribution in [0.3, 0.4) is 0 Å². The second-order valence-corrected chi connectivity index (χ2v) is 4.72. The molecule has 1 aliphatic carbocycles. The smallest absolute Gasteiger partial charge is 0.329 e. The molecule has 0 aromatic heterocycles. The van der Waals surface area contributed by atoms with Gasteiger partial charge in [0, 0.05) is 5.41 Å². The molecule has 0 bridgehead atoms. The maximum Gasteiger partial charge on any atom is 0.329 e. The summed E-state index contributed by atoms with van der Waals surface area (Å²) in [6.07, 6.45) is 0.989. The van der Waals surface area contributed by atoms with Crippen LogP contribution in [0.1, 0.15) is 25.8 Å². The van der Waals surface area contributed by atoms with Gasteiger partial charge < -0.3 is 4.74 Å². The highest BCUT2D eigenvalue weighted by molar-refractivity contribution is 5.71. The van der Waals surface area contributed by atoms with Crippen molar-refractivity contribution in [2.24, 2.45) is 10.2 Å². The minimum absolute atomic E-state index is 0.0230. The van der Waals surface area contributed by atoms with Crippen molar-refractivity contribution in [1.29, 1.82) is 0 Å². The summed E-state index contributed by atoms with van der Waals surface area (Å²) < 4.78 is 4.79. The van der Waals surface area contributed by atoms with Gasteiger partial charge in [-0.1, -0.05) is 37.3 Å². The maximum absolute atomic E-state index is 11.1. The fourth-order valence-electron chi connectivity index (χ4n) is 2.04. The molecule has 1 aliphatic rings. The Labute approximate surface area is 107 Å². The highest BCUT2D eigenvalue weighted by atomic mass is 16.5. The van der Waals surface area contributed by atoms with E-state index in [0.29, 0.717) is 6.61 Å². The van der Waals surface area contributed by atoms with E-state index in [0.717, 1.165) is 6.42 Å². The quantitative estimate of drug-likeness (QED) is 0.592. The Hall–Kier alpha value is -1.71. The Balaban J connectivity index is 1.87. The molecular weight excluding hydrogens is 228 g/mol. The molecule has 0 saturated heterocycles. The highest BCUT2D eigenvalue weighted by Gasteiger charge is 2.52. The molecule has 96 valence electrons. The van der Waals surface area contributed by atoms with Gasteiger partial charge in [-0.2, -0.15) is 10.2 Å². The molecule has 0 spiro atoms. The second-order valence-electron chi connectivity index (χ2n) is 4.72. The van der Waals surface area contributed by atoms with Crippen molar-refractivity contribution in [3.8, 4) is 0 Å². The lowest BCUT2D eigenvalue weighted by molar-refractivity contribution is -0.141. The molecule has 2 atom stereocenters. The minimum Gasteiger partial charge on any atom is -0.465 e. The molecule has 0 heterocycles. The monoisotopic (exact) mass is 246 g/mol. The molecule has 1 saturated carbocycles. The van der Waals surface area contributed by atoms with Gasteiger partial charge in [-0.25, -0.2) is 4.79 Å². The van der Waals surface area contributed by atoms with E-state index >= 15 is 0 Å². The molecule has 0 radical (unpaired) electrons. The van der Waals surface area contributed by atoms with Crippen molar-refractivity contribution in [3.63, 3.8) is 0 Å². The van der Waals surface area contributed by atoms with Crippen molar-refractivity contribution in [1.82, 2.24) is 0 Å². The van der Waals surface area contributed by atoms with Gasteiger partial charge in [-0.05, 0) is 18.9 Å². The summed E-state index contributed by atoms with van der Waals surface area (Å²) in [5.74, 6) is -0.316. The van der Waals surface area contributed by atoms with E-state index in [1.54, 1.807) is 6.92 Å². The van der Waals surface area contributed by atoms with Gasteiger partial charge in [0.05, 0.1) is 12.6 Å². The number of carbonyl (C=O) groups excluding carboxylic acids is 1. The number of carbonyl (C=O) groups is 1. The lowest BCUT2D eigenvalue weighted by Gasteiger charge is -2.08. The summed E-state index contributed by atoms with van der Waals surface area (Å²) in [4.78, 5) is 11.1. The minimum atomic E-state index is -0.316. The van der Waals surface area contributed by atoms with E-state index in [2.05, 4.69) is 29.3 Å². The van der Waals surface area contributed by atoms with E-state index in [-0.39, 0.29) is 24.0 Å². The topological polar surface area (TPSA) is 51.0 Å². The first-order valence-corrected chi connectivity index (χ1v) is 6.24. The van der Waals surface area contributed by atoms with Crippen LogP contribution < -0.4 is 0 Å². The van der Waals surface area contributed by atoms with Crippen molar-refractivity contribution in [3.05, 3.63) is 35.9 Å². The Morgan fingerprint density at radius 1 is 1.44 bits per heavy atom. The number of hydrogen-bond acceptors (Lipinski definition) is 4. The van der Waals surface area contributed by atoms with E-state index in [9.17, 15) is 4.79 Å². The standard InChI is InChI=1S/C14H18N2O2/c1-3-18-13(17)10-15-16-12-9-14(12,2)11-7-5-4-6-8-11/h4-8,12H,3,9-10H2,1-2H3/t12-,14-/m0/s1. The fourth-order valence-corrected chi connectivity index (χ4v) is 2.04. The Bertz CT molecular complexity index is 444. The fraction of sp³-hybridized carbons (Fsp3) is 0.500. The van der Waals surface area contributed by atoms with Gasteiger partial charge in [-0.3, -0.25) is 0 Å². The Kier molecular flexibility index (Phi) is 3.75. The lowest BCUT2D eigenvalue weighted by atomic mass is 9.98. The van der Waals surface area contributed by atoms with Gasteiger partial charge in [0.15, 0.2) is 6.54 Å². The van der Waals surface area contributed by atoms with Crippen LogP contribution in [0.25, 0.3) is 0 Å². The molecule has 0 unspecified atom stereocenters. The summed E-state index contributed by atoms with van der Waals surface area (Å²) >= 11 is 0. The first-order valence-electron chi connectivity index (χ1n) is 6.24. The predicted octanol–water partition coefficient (Wildman–Crippen LogP) is 2.73. The highest BCUT2D eigenvalue weighted by Crippen LogP contribution is 2.50. The first kappa shape index (κ1) is 12.7. The number of azo groups is 1. The average Bonchev–Trinajstić information content (AvgIpc) is 3.03. The third kappa shape index (κ3) is 2.75. The van der Waals surface area contributed by atoms with Gasteiger partial charge in [0.2, 0.25) is 0 Å². The zero-order chi connectivity index (χ0) is 13.0. The zero-order valence-electron chi connectivity index (χ0n) is 10.8. The second kappa shape index (κ2) is 5.29. The van der Waals surface area contributed by atoms with Crippen molar-refractivity contribution < 1.29 is 9.53 Å². The molecule has 1 aromatic carbocycles. The molecule has 1 fully saturated rings. The summed E-state index contributed by atoms with van der Waals surface area (Å²) in [7, 11) is 0. The van der Waals surface area contributed by atoms with Crippen LogP contribution in [0.15, 0.2) is 40.6 Å². The van der Waals surface area contributed by atoms with Crippen LogP contribution in [-0.4, -0.2) is 25.2 Å². The molecule has 0 aliphatic heterocycles. The van der Waals surface area contributed by atoms with Crippen LogP contribution in [0.5, 0.6) is 0 Å². The number of esters is 1. The van der Waals surface area contributed by atoms with E-state index < -0.39 is 0 Å². The van der Waals surface area contributed by atoms with Crippen molar-refractivity contribution in [2.75, 3.05) is 13.2 Å². The molecule has 4 nitrogen and oxygen atoms in total. The molecule has 1 aromatic rings. The number of rotatable bonds is 5. The van der Waals surface area contributed by atoms with E-state index in [4.69, 9.17) is 4.74 Å². The van der Waals surface area contributed by atoms with Crippen LogP contribution >= 0.6 is 0 Å². The SMILES string of the molecule is CCOC(=O)CN=N[C@H]1C[C@@]1(C)c1ccccc1. The lowest BCUT2D eigenvalue weighted by Crippen LogP contribution is -2.08. The normalized spacial score (nSPS) is 26.2. The largest absolute Gasteiger partial charge is 0.465 e. The predicted molar refractivity (Wildman–Crippen MR) is 68.6 cm³/mol. The number of ether oxygens (including phenoxy) is 1. The van der Waals surface area contributed by atoms with Crippen molar-refractivity contribution >= 4 is 5.97 Å². The van der Waals surface area contributed by atoms with Crippen LogP contribution in [0, 0.1) is 0 Å². The third-order valence-corrected chi connectivity index (χ3v) is 3.35. The third-order valence-electron chi connectivity index (χ3n) is 3.35. The van der Waals surface area contributed by atoms with Crippen LogP contribution in [0.2, 0.25) is 0 Å². The van der Waals surface area contributed by atoms with Crippen molar-refractivity contribution in [2.45, 2.75) is 31.7 Å². The maximum atomic E-state index is 11.1. The van der Waals surface area contributed by atoms with Gasteiger partial charge in [0.1, 0.15) is 0 Å². The molecule has 0 amide bonds. The van der Waals surface area contributed by atoms with Gasteiger partial charge in [-0.15, -0.1) is 0 Å². The zero-order valence-corrected chi connectivity index (χ0v) is 10.8. The summed E-state index contributed by atoms with van der Waals surface area (Å²) in [5, 5.41) is 8.13. The number of nitrogens with zero attached hydrogens (tertiary/aromatic N) is 2. The summed E-state index contributed by atoms with van der Waals surface area (Å²) in [6, 6.07) is 10.5. The summed E-state index contributed by atoms with van der Waals surface area (Å²) in [6.45, 7) is 4.37. The number of hydrogen-bond donors (Lipinski definition) is 0. The van der Waals surface area contributed by atoms with Gasteiger partial charge in [0.25, 0.3) is 0 Å². The summed E-state index contributed by atoms with van der Waals surface area (Å²) in [5.41, 5.74) is 1.37. The van der Waals surface area contributed by atoms with E-state index in [1.807, 2.05) is 18.2 Å². The van der Waals surface area contributed by atoms with Crippen LogP contribution in [-0.2, 0) is 14.9 Å². The molecule has 0 N–H and O–H groups in total.